The Bertz CT molecular complexity index is 1740. The molecule has 0 saturated carbocycles. The lowest BCUT2D eigenvalue weighted by molar-refractivity contribution is -0.126. The summed E-state index contributed by atoms with van der Waals surface area (Å²) in [6, 6.07) is 7.34. The summed E-state index contributed by atoms with van der Waals surface area (Å²) in [6.45, 7) is 7.56. The van der Waals surface area contributed by atoms with Crippen LogP contribution < -0.4 is 14.2 Å². The molecule has 0 fully saturated rings. The predicted molar refractivity (Wildman–Crippen MR) is 145 cm³/mol. The maximum atomic E-state index is 12.1. The first-order valence-corrected chi connectivity index (χ1v) is 14.2. The molecule has 0 atom stereocenters. The second kappa shape index (κ2) is 9.45. The number of ether oxygens (including phenoxy) is 2. The number of hydrogen-bond donors (Lipinski definition) is 1. The number of nitrogens with zero attached hydrogens (tertiary/aromatic N) is 5. The molecular weight excluding hydrogens is 520 g/mol. The number of fused-ring (bicyclic) bond motifs is 3. The third kappa shape index (κ3) is 4.40. The van der Waals surface area contributed by atoms with Gasteiger partial charge in [0.1, 0.15) is 12.4 Å². The van der Waals surface area contributed by atoms with Gasteiger partial charge in [-0.05, 0) is 41.8 Å². The molecule has 202 valence electrons. The Hall–Kier alpha value is -4.32. The lowest BCUT2D eigenvalue weighted by atomic mass is 10.1. The number of carbonyl (C=O) groups is 1. The van der Waals surface area contributed by atoms with Crippen LogP contribution in [0.5, 0.6) is 11.5 Å². The van der Waals surface area contributed by atoms with Gasteiger partial charge >= 0.3 is 0 Å². The largest absolute Gasteiger partial charge is 0.493 e. The average Bonchev–Trinajstić information content (AvgIpc) is 3.53. The third-order valence-corrected chi connectivity index (χ3v) is 8.50. The summed E-state index contributed by atoms with van der Waals surface area (Å²) in [5.41, 5.74) is 6.49. The van der Waals surface area contributed by atoms with Crippen LogP contribution >= 0.6 is 0 Å². The van der Waals surface area contributed by atoms with Crippen molar-refractivity contribution in [1.82, 2.24) is 24.3 Å². The van der Waals surface area contributed by atoms with Crippen molar-refractivity contribution < 1.29 is 22.7 Å². The van der Waals surface area contributed by atoms with E-state index < -0.39 is 10.0 Å². The van der Waals surface area contributed by atoms with Crippen LogP contribution in [0.2, 0.25) is 0 Å². The van der Waals surface area contributed by atoms with Gasteiger partial charge in [0, 0.05) is 37.0 Å². The van der Waals surface area contributed by atoms with Gasteiger partial charge < -0.3 is 14.4 Å². The minimum absolute atomic E-state index is 0.0732. The van der Waals surface area contributed by atoms with E-state index >= 15 is 0 Å². The average molecular weight is 549 g/mol. The standard InChI is InChI=1S/C27H28N6O5S/c1-4-25(34)31-9-8-22-17(2)26(29-32(22)11-10-31)19-12-23(27-24(37-3)13-28-33(27)14-19)38-15-18-6-5-7-21-20(18)16-39(35,36)30-21/h4-7,12-14,30H,1,8-11,15-16H2,2-3H3. The van der Waals surface area contributed by atoms with E-state index in [-0.39, 0.29) is 18.3 Å². The Morgan fingerprint density at radius 2 is 2.08 bits per heavy atom. The maximum Gasteiger partial charge on any atom is 0.246 e. The van der Waals surface area contributed by atoms with Crippen molar-refractivity contribution in [3.8, 4) is 22.8 Å². The summed E-state index contributed by atoms with van der Waals surface area (Å²) < 4.78 is 42.4. The normalized spacial score (nSPS) is 15.8. The van der Waals surface area contributed by atoms with Gasteiger partial charge in [0.2, 0.25) is 15.9 Å². The summed E-state index contributed by atoms with van der Waals surface area (Å²) in [6.07, 6.45) is 5.56. The van der Waals surface area contributed by atoms with Gasteiger partial charge in [0.15, 0.2) is 11.3 Å². The highest BCUT2D eigenvalue weighted by Gasteiger charge is 2.27. The second-order valence-electron chi connectivity index (χ2n) is 9.62. The number of sulfonamides is 1. The van der Waals surface area contributed by atoms with Gasteiger partial charge in [-0.1, -0.05) is 18.7 Å². The molecule has 0 radical (unpaired) electrons. The number of nitrogens with one attached hydrogen (secondary N) is 1. The number of methoxy groups -OCH3 is 1. The molecule has 0 bridgehead atoms. The van der Waals surface area contributed by atoms with Crippen molar-refractivity contribution in [3.05, 3.63) is 71.7 Å². The van der Waals surface area contributed by atoms with Gasteiger partial charge in [-0.15, -0.1) is 0 Å². The van der Waals surface area contributed by atoms with Gasteiger partial charge in [-0.3, -0.25) is 14.2 Å². The highest BCUT2D eigenvalue weighted by atomic mass is 32.2. The molecule has 2 aliphatic heterocycles. The molecule has 11 nitrogen and oxygen atoms in total. The van der Waals surface area contributed by atoms with E-state index in [1.807, 2.05) is 36.0 Å². The van der Waals surface area contributed by atoms with E-state index in [0.29, 0.717) is 54.3 Å². The first kappa shape index (κ1) is 25.0. The van der Waals surface area contributed by atoms with Crippen LogP contribution in [-0.2, 0) is 40.1 Å². The fourth-order valence-corrected chi connectivity index (χ4v) is 6.63. The van der Waals surface area contributed by atoms with Crippen molar-refractivity contribution in [2.75, 3.05) is 24.9 Å². The molecule has 12 heteroatoms. The Balaban J connectivity index is 1.36. The molecular formula is C27H28N6O5S. The van der Waals surface area contributed by atoms with Crippen LogP contribution in [-0.4, -0.2) is 58.8 Å². The van der Waals surface area contributed by atoms with Crippen LogP contribution in [0.3, 0.4) is 0 Å². The molecule has 1 aromatic carbocycles. The van der Waals surface area contributed by atoms with Crippen molar-refractivity contribution in [2.45, 2.75) is 32.2 Å². The van der Waals surface area contributed by atoms with Crippen molar-refractivity contribution in [3.63, 3.8) is 0 Å². The van der Waals surface area contributed by atoms with Crippen molar-refractivity contribution in [2.24, 2.45) is 0 Å². The summed E-state index contributed by atoms with van der Waals surface area (Å²) >= 11 is 0. The number of pyridine rings is 1. The minimum atomic E-state index is -3.39. The van der Waals surface area contributed by atoms with E-state index in [1.54, 1.807) is 28.8 Å². The molecule has 2 aliphatic rings. The number of carbonyl (C=O) groups excluding carboxylic acids is 1. The first-order valence-electron chi connectivity index (χ1n) is 12.6. The van der Waals surface area contributed by atoms with E-state index in [2.05, 4.69) is 16.4 Å². The number of hydrogen-bond acceptors (Lipinski definition) is 7. The SMILES string of the molecule is C=CC(=O)N1CCc2c(C)c(-c3cc(OCc4cccc5c4CS(=O)(=O)N5)c4c(OC)cnn4c3)nn2CC1. The highest BCUT2D eigenvalue weighted by Crippen LogP contribution is 2.36. The first-order chi connectivity index (χ1) is 18.8. The molecule has 6 rings (SSSR count). The van der Waals surface area contributed by atoms with E-state index in [4.69, 9.17) is 14.6 Å². The highest BCUT2D eigenvalue weighted by molar-refractivity contribution is 7.92. The van der Waals surface area contributed by atoms with Gasteiger partial charge in [0.25, 0.3) is 0 Å². The van der Waals surface area contributed by atoms with Gasteiger partial charge in [-0.2, -0.15) is 10.2 Å². The second-order valence-corrected chi connectivity index (χ2v) is 11.3. The molecule has 3 aromatic heterocycles. The lowest BCUT2D eigenvalue weighted by Crippen LogP contribution is -2.32. The quantitative estimate of drug-likeness (QED) is 0.368. The number of aromatic nitrogens is 4. The van der Waals surface area contributed by atoms with Gasteiger partial charge in [0.05, 0.1) is 37.0 Å². The Kier molecular flexibility index (Phi) is 6.06. The zero-order chi connectivity index (χ0) is 27.3. The smallest absolute Gasteiger partial charge is 0.246 e. The topological polar surface area (TPSA) is 120 Å². The molecule has 5 heterocycles. The number of anilines is 1. The lowest BCUT2D eigenvalue weighted by Gasteiger charge is -2.17. The molecule has 1 N–H and O–H groups in total. The third-order valence-electron chi connectivity index (χ3n) is 7.30. The summed E-state index contributed by atoms with van der Waals surface area (Å²) in [7, 11) is -1.81. The number of rotatable bonds is 6. The zero-order valence-electron chi connectivity index (χ0n) is 21.7. The van der Waals surface area contributed by atoms with Crippen LogP contribution in [0.15, 0.2) is 49.3 Å². The molecule has 4 aromatic rings. The van der Waals surface area contributed by atoms with Crippen LogP contribution in [0.25, 0.3) is 16.8 Å². The van der Waals surface area contributed by atoms with E-state index in [9.17, 15) is 13.2 Å². The van der Waals surface area contributed by atoms with Crippen LogP contribution in [0.1, 0.15) is 22.4 Å². The number of benzene rings is 1. The van der Waals surface area contributed by atoms with Gasteiger partial charge in [-0.25, -0.2) is 12.9 Å². The molecule has 0 unspecified atom stereocenters. The van der Waals surface area contributed by atoms with Crippen molar-refractivity contribution >= 4 is 27.1 Å². The maximum absolute atomic E-state index is 12.1. The van der Waals surface area contributed by atoms with E-state index in [1.165, 1.54) is 6.08 Å². The summed E-state index contributed by atoms with van der Waals surface area (Å²) in [5, 5.41) is 9.37. The van der Waals surface area contributed by atoms with Crippen molar-refractivity contribution in [1.29, 1.82) is 0 Å². The molecule has 0 spiro atoms. The van der Waals surface area contributed by atoms with Crippen LogP contribution in [0, 0.1) is 6.92 Å². The Morgan fingerprint density at radius 1 is 1.23 bits per heavy atom. The van der Waals surface area contributed by atoms with Crippen LogP contribution in [0.4, 0.5) is 5.69 Å². The fraction of sp³-hybridized carbons (Fsp3) is 0.296. The Morgan fingerprint density at radius 3 is 2.87 bits per heavy atom. The minimum Gasteiger partial charge on any atom is -0.493 e. The molecule has 1 amide bonds. The molecule has 39 heavy (non-hydrogen) atoms. The summed E-state index contributed by atoms with van der Waals surface area (Å²) in [5.74, 6) is 0.945. The monoisotopic (exact) mass is 548 g/mol. The predicted octanol–water partition coefficient (Wildman–Crippen LogP) is 2.92. The summed E-state index contributed by atoms with van der Waals surface area (Å²) in [4.78, 5) is 13.9. The molecule has 0 saturated heterocycles. The molecule has 0 aliphatic carbocycles. The fourth-order valence-electron chi connectivity index (χ4n) is 5.31. The Labute approximate surface area is 225 Å². The zero-order valence-corrected chi connectivity index (χ0v) is 22.5. The van der Waals surface area contributed by atoms with E-state index in [0.717, 1.165) is 28.1 Å². The number of amides is 1.